The standard InChI is InChI=1S/C17H21N5O4/c1-10-14(23)18-5-7-21(10)16(25)12-3-4-13(20-9-12)17(26)22-8-6-19-15(24)11(22)2/h3-4,9-11H,5-8H2,1-2H3,(H,18,23)(H,19,24). The van der Waals surface area contributed by atoms with Crippen LogP contribution >= 0.6 is 0 Å². The van der Waals surface area contributed by atoms with Gasteiger partial charge in [-0.05, 0) is 26.0 Å². The molecule has 3 rings (SSSR count). The first-order valence-electron chi connectivity index (χ1n) is 8.53. The number of hydrogen-bond acceptors (Lipinski definition) is 5. The van der Waals surface area contributed by atoms with E-state index in [1.165, 1.54) is 28.1 Å². The number of piperazine rings is 2. The highest BCUT2D eigenvalue weighted by Crippen LogP contribution is 2.13. The van der Waals surface area contributed by atoms with Crippen LogP contribution in [-0.2, 0) is 9.59 Å². The van der Waals surface area contributed by atoms with E-state index in [2.05, 4.69) is 15.6 Å². The molecule has 1 aromatic heterocycles. The highest BCUT2D eigenvalue weighted by Gasteiger charge is 2.32. The molecule has 1 aromatic rings. The average molecular weight is 359 g/mol. The van der Waals surface area contributed by atoms with Gasteiger partial charge in [0.25, 0.3) is 11.8 Å². The summed E-state index contributed by atoms with van der Waals surface area (Å²) in [5.41, 5.74) is 0.486. The molecule has 2 unspecified atom stereocenters. The molecule has 0 bridgehead atoms. The predicted octanol–water partition coefficient (Wildman–Crippen LogP) is -0.997. The summed E-state index contributed by atoms with van der Waals surface area (Å²) in [6.07, 6.45) is 1.34. The van der Waals surface area contributed by atoms with Gasteiger partial charge in [0.2, 0.25) is 11.8 Å². The lowest BCUT2D eigenvalue weighted by atomic mass is 10.1. The minimum atomic E-state index is -0.563. The number of amides is 4. The quantitative estimate of drug-likeness (QED) is 0.704. The molecule has 0 spiro atoms. The number of rotatable bonds is 2. The maximum absolute atomic E-state index is 12.6. The summed E-state index contributed by atoms with van der Waals surface area (Å²) < 4.78 is 0. The number of nitrogens with zero attached hydrogens (tertiary/aromatic N) is 3. The first-order valence-corrected chi connectivity index (χ1v) is 8.53. The van der Waals surface area contributed by atoms with E-state index in [4.69, 9.17) is 0 Å². The average Bonchev–Trinajstić information content (AvgIpc) is 2.65. The fraction of sp³-hybridized carbons (Fsp3) is 0.471. The Hall–Kier alpha value is -2.97. The third kappa shape index (κ3) is 3.24. The summed E-state index contributed by atoms with van der Waals surface area (Å²) in [5, 5.41) is 5.41. The second-order valence-corrected chi connectivity index (χ2v) is 6.36. The van der Waals surface area contributed by atoms with Crippen LogP contribution in [0.1, 0.15) is 34.7 Å². The lowest BCUT2D eigenvalue weighted by Gasteiger charge is -2.33. The van der Waals surface area contributed by atoms with Gasteiger partial charge in [-0.25, -0.2) is 0 Å². The lowest BCUT2D eigenvalue weighted by Crippen LogP contribution is -2.56. The van der Waals surface area contributed by atoms with Crippen molar-refractivity contribution in [1.82, 2.24) is 25.4 Å². The number of nitrogens with one attached hydrogen (secondary N) is 2. The Bertz CT molecular complexity index is 685. The van der Waals surface area contributed by atoms with Gasteiger partial charge in [-0.15, -0.1) is 0 Å². The molecule has 9 heteroatoms. The third-order valence-electron chi connectivity index (χ3n) is 4.75. The minimum absolute atomic E-state index is 0.174. The minimum Gasteiger partial charge on any atom is -0.353 e. The summed E-state index contributed by atoms with van der Waals surface area (Å²) in [4.78, 5) is 55.6. The van der Waals surface area contributed by atoms with Crippen molar-refractivity contribution in [1.29, 1.82) is 0 Å². The molecule has 2 N–H and O–H groups in total. The Morgan fingerprint density at radius 1 is 0.962 bits per heavy atom. The molecular weight excluding hydrogens is 338 g/mol. The lowest BCUT2D eigenvalue weighted by molar-refractivity contribution is -0.127. The van der Waals surface area contributed by atoms with Gasteiger partial charge in [-0.3, -0.25) is 24.2 Å². The van der Waals surface area contributed by atoms with Gasteiger partial charge in [-0.2, -0.15) is 0 Å². The second-order valence-electron chi connectivity index (χ2n) is 6.36. The topological polar surface area (TPSA) is 112 Å². The molecular formula is C17H21N5O4. The monoisotopic (exact) mass is 359 g/mol. The van der Waals surface area contributed by atoms with Crippen molar-refractivity contribution in [2.45, 2.75) is 25.9 Å². The van der Waals surface area contributed by atoms with Gasteiger partial charge in [0.15, 0.2) is 0 Å². The van der Waals surface area contributed by atoms with Crippen molar-refractivity contribution < 1.29 is 19.2 Å². The molecule has 0 aromatic carbocycles. The zero-order valence-corrected chi connectivity index (χ0v) is 14.7. The van der Waals surface area contributed by atoms with Gasteiger partial charge >= 0.3 is 0 Å². The summed E-state index contributed by atoms with van der Waals surface area (Å²) >= 11 is 0. The highest BCUT2D eigenvalue weighted by atomic mass is 16.2. The molecule has 0 saturated carbocycles. The highest BCUT2D eigenvalue weighted by molar-refractivity contribution is 6.00. The molecule has 2 atom stereocenters. The van der Waals surface area contributed by atoms with Gasteiger partial charge < -0.3 is 20.4 Å². The molecule has 2 saturated heterocycles. The number of carbonyl (C=O) groups is 4. The second kappa shape index (κ2) is 7.11. The molecule has 9 nitrogen and oxygen atoms in total. The Kier molecular flexibility index (Phi) is 4.88. The van der Waals surface area contributed by atoms with E-state index in [1.54, 1.807) is 13.8 Å². The SMILES string of the molecule is CC1C(=O)NCCN1C(=O)c1ccc(C(=O)N2CCNC(=O)C2C)nc1. The first kappa shape index (κ1) is 17.8. The van der Waals surface area contributed by atoms with E-state index < -0.39 is 12.1 Å². The van der Waals surface area contributed by atoms with Crippen LogP contribution in [0, 0.1) is 0 Å². The fourth-order valence-corrected chi connectivity index (χ4v) is 3.08. The van der Waals surface area contributed by atoms with E-state index >= 15 is 0 Å². The van der Waals surface area contributed by atoms with Gasteiger partial charge in [0.1, 0.15) is 17.8 Å². The van der Waals surface area contributed by atoms with Crippen molar-refractivity contribution in [2.24, 2.45) is 0 Å². The maximum atomic E-state index is 12.6. The van der Waals surface area contributed by atoms with Crippen molar-refractivity contribution in [2.75, 3.05) is 26.2 Å². The molecule has 138 valence electrons. The number of pyridine rings is 1. The maximum Gasteiger partial charge on any atom is 0.273 e. The van der Waals surface area contributed by atoms with Crippen molar-refractivity contribution in [3.8, 4) is 0 Å². The van der Waals surface area contributed by atoms with Crippen LogP contribution in [0.3, 0.4) is 0 Å². The summed E-state index contributed by atoms with van der Waals surface area (Å²) in [7, 11) is 0. The van der Waals surface area contributed by atoms with E-state index in [-0.39, 0.29) is 29.3 Å². The molecule has 2 aliphatic rings. The fourth-order valence-electron chi connectivity index (χ4n) is 3.08. The van der Waals surface area contributed by atoms with Crippen molar-refractivity contribution in [3.05, 3.63) is 29.6 Å². The Labute approximate surface area is 150 Å². The van der Waals surface area contributed by atoms with Gasteiger partial charge in [-0.1, -0.05) is 0 Å². The summed E-state index contributed by atoms with van der Waals surface area (Å²) in [5.74, 6) is -1.04. The first-order chi connectivity index (χ1) is 12.4. The van der Waals surface area contributed by atoms with Crippen molar-refractivity contribution >= 4 is 23.6 Å². The predicted molar refractivity (Wildman–Crippen MR) is 91.3 cm³/mol. The van der Waals surface area contributed by atoms with E-state index in [1.807, 2.05) is 0 Å². The normalized spacial score (nSPS) is 23.3. The van der Waals surface area contributed by atoms with Gasteiger partial charge in [0, 0.05) is 32.4 Å². The smallest absolute Gasteiger partial charge is 0.273 e. The Balaban J connectivity index is 1.74. The number of aromatic nitrogens is 1. The largest absolute Gasteiger partial charge is 0.353 e. The summed E-state index contributed by atoms with van der Waals surface area (Å²) in [6.45, 7) is 4.98. The van der Waals surface area contributed by atoms with E-state index in [0.29, 0.717) is 31.7 Å². The van der Waals surface area contributed by atoms with Crippen LogP contribution in [0.5, 0.6) is 0 Å². The molecule has 2 aliphatic heterocycles. The van der Waals surface area contributed by atoms with E-state index in [0.717, 1.165) is 0 Å². The van der Waals surface area contributed by atoms with Crippen LogP contribution in [0.15, 0.2) is 18.3 Å². The third-order valence-corrected chi connectivity index (χ3v) is 4.75. The van der Waals surface area contributed by atoms with Crippen LogP contribution < -0.4 is 10.6 Å². The molecule has 2 fully saturated rings. The molecule has 3 heterocycles. The Morgan fingerprint density at radius 3 is 2.00 bits per heavy atom. The van der Waals surface area contributed by atoms with Crippen LogP contribution in [0.25, 0.3) is 0 Å². The van der Waals surface area contributed by atoms with E-state index in [9.17, 15) is 19.2 Å². The molecule has 0 aliphatic carbocycles. The molecule has 26 heavy (non-hydrogen) atoms. The Morgan fingerprint density at radius 2 is 1.50 bits per heavy atom. The zero-order valence-electron chi connectivity index (χ0n) is 14.7. The van der Waals surface area contributed by atoms with Crippen LogP contribution in [0.4, 0.5) is 0 Å². The number of hydrogen-bond donors (Lipinski definition) is 2. The van der Waals surface area contributed by atoms with Crippen molar-refractivity contribution in [3.63, 3.8) is 0 Å². The summed E-state index contributed by atoms with van der Waals surface area (Å²) in [6, 6.07) is 1.89. The number of carbonyl (C=O) groups excluding carboxylic acids is 4. The molecule has 4 amide bonds. The van der Waals surface area contributed by atoms with Crippen LogP contribution in [-0.4, -0.2) is 76.7 Å². The van der Waals surface area contributed by atoms with Crippen LogP contribution in [0.2, 0.25) is 0 Å². The molecule has 0 radical (unpaired) electrons. The zero-order chi connectivity index (χ0) is 18.8. The van der Waals surface area contributed by atoms with Gasteiger partial charge in [0.05, 0.1) is 5.56 Å².